The van der Waals surface area contributed by atoms with Gasteiger partial charge in [-0.2, -0.15) is 0 Å². The van der Waals surface area contributed by atoms with Crippen LogP contribution in [0.1, 0.15) is 5.56 Å². The Morgan fingerprint density at radius 2 is 1.44 bits per heavy atom. The number of fused-ring (bicyclic) bond motifs is 3. The first-order chi connectivity index (χ1) is 12.3. The third-order valence-corrected chi connectivity index (χ3v) is 4.69. The number of carbonyl (C=O) groups is 1. The second kappa shape index (κ2) is 5.35. The average Bonchev–Trinajstić information content (AvgIpc) is 2.84. The van der Waals surface area contributed by atoms with Gasteiger partial charge in [0.25, 0.3) is 0 Å². The van der Waals surface area contributed by atoms with Gasteiger partial charge < -0.3 is 0 Å². The van der Waals surface area contributed by atoms with E-state index in [2.05, 4.69) is 0 Å². The molecule has 2 aromatic rings. The van der Waals surface area contributed by atoms with E-state index in [0.29, 0.717) is 11.3 Å². The predicted octanol–water partition coefficient (Wildman–Crippen LogP) is 2.93. The number of benzene rings is 2. The Bertz CT molecular complexity index is 1150. The maximum Gasteiger partial charge on any atom is 0.178 e. The molecule has 3 aliphatic rings. The minimum Gasteiger partial charge on any atom is -0.293 e. The van der Waals surface area contributed by atoms with Gasteiger partial charge in [0.15, 0.2) is 5.78 Å². The molecule has 0 amide bonds. The number of Topliss-reactive ketones (excluding diaryl/α,β-unsaturated/α-hetero) is 1. The Balaban J connectivity index is 1.92. The van der Waals surface area contributed by atoms with Crippen LogP contribution in [0.5, 0.6) is 0 Å². The molecule has 0 saturated carbocycles. The second-order valence-electron chi connectivity index (χ2n) is 6.19. The molecule has 3 heteroatoms. The van der Waals surface area contributed by atoms with Gasteiger partial charge in [0.2, 0.25) is 0 Å². The number of rotatable bonds is 1. The van der Waals surface area contributed by atoms with Crippen LogP contribution in [0.3, 0.4) is 0 Å². The maximum absolute atomic E-state index is 13.2. The first kappa shape index (κ1) is 14.1. The lowest BCUT2D eigenvalue weighted by molar-refractivity contribution is -0.116. The Hall–Kier alpha value is -3.33. The van der Waals surface area contributed by atoms with Crippen LogP contribution in [0.15, 0.2) is 106 Å². The predicted molar refractivity (Wildman–Crippen MR) is 95.9 cm³/mol. The molecule has 0 radical (unpaired) electrons. The van der Waals surface area contributed by atoms with Crippen LogP contribution in [-0.2, 0) is 4.79 Å². The molecule has 1 unspecified atom stereocenters. The lowest BCUT2D eigenvalue weighted by Gasteiger charge is -2.08. The fourth-order valence-corrected chi connectivity index (χ4v) is 3.52. The summed E-state index contributed by atoms with van der Waals surface area (Å²) in [6.07, 6.45) is 7.81. The van der Waals surface area contributed by atoms with E-state index < -0.39 is 0 Å². The van der Waals surface area contributed by atoms with Crippen molar-refractivity contribution in [1.82, 2.24) is 0 Å². The molecule has 2 aliphatic carbocycles. The minimum atomic E-state index is -0.252. The van der Waals surface area contributed by atoms with Crippen molar-refractivity contribution in [1.29, 1.82) is 0 Å². The average molecular weight is 322 g/mol. The number of nitrogens with zero attached hydrogens (tertiary/aromatic N) is 2. The number of ketones is 1. The van der Waals surface area contributed by atoms with Gasteiger partial charge >= 0.3 is 0 Å². The fraction of sp³-hybridized carbons (Fsp3) is 0.0455. The van der Waals surface area contributed by atoms with Crippen molar-refractivity contribution < 1.29 is 4.79 Å². The summed E-state index contributed by atoms with van der Waals surface area (Å²) >= 11 is 0. The summed E-state index contributed by atoms with van der Waals surface area (Å²) in [5, 5.41) is 1.58. The zero-order chi connectivity index (χ0) is 16.8. The summed E-state index contributed by atoms with van der Waals surface area (Å²) < 4.78 is 0. The molecule has 0 spiro atoms. The molecule has 25 heavy (non-hydrogen) atoms. The van der Waals surface area contributed by atoms with Gasteiger partial charge in [-0.15, -0.1) is 0 Å². The highest BCUT2D eigenvalue weighted by Crippen LogP contribution is 2.41. The number of para-hydroxylation sites is 2. The molecule has 1 aliphatic heterocycles. The van der Waals surface area contributed by atoms with E-state index in [-0.39, 0.29) is 11.7 Å². The van der Waals surface area contributed by atoms with Gasteiger partial charge in [0, 0.05) is 5.56 Å². The van der Waals surface area contributed by atoms with Crippen LogP contribution in [0.25, 0.3) is 5.70 Å². The maximum atomic E-state index is 13.2. The van der Waals surface area contributed by atoms with Gasteiger partial charge in [0.1, 0.15) is 0 Å². The van der Waals surface area contributed by atoms with Crippen LogP contribution < -0.4 is 10.7 Å². The van der Waals surface area contributed by atoms with E-state index in [1.165, 1.54) is 0 Å². The highest BCUT2D eigenvalue weighted by Gasteiger charge is 2.38. The number of hydrogen-bond acceptors (Lipinski definition) is 3. The largest absolute Gasteiger partial charge is 0.293 e. The van der Waals surface area contributed by atoms with Crippen LogP contribution >= 0.6 is 0 Å². The number of allylic oxidation sites excluding steroid dienone is 6. The number of carbonyl (C=O) groups excluding carboxylic acids is 1. The van der Waals surface area contributed by atoms with E-state index >= 15 is 0 Å². The summed E-state index contributed by atoms with van der Waals surface area (Å²) in [6.45, 7) is 0. The van der Waals surface area contributed by atoms with Gasteiger partial charge in [0.05, 0.1) is 33.6 Å². The zero-order valence-corrected chi connectivity index (χ0v) is 13.4. The molecule has 1 heterocycles. The highest BCUT2D eigenvalue weighted by atomic mass is 16.1. The third-order valence-electron chi connectivity index (χ3n) is 4.69. The Labute approximate surface area is 144 Å². The molecule has 2 aromatic carbocycles. The summed E-state index contributed by atoms with van der Waals surface area (Å²) in [7, 11) is 0. The van der Waals surface area contributed by atoms with Crippen molar-refractivity contribution in [3.05, 3.63) is 112 Å². The summed E-state index contributed by atoms with van der Waals surface area (Å²) in [5.74, 6) is -0.178. The minimum absolute atomic E-state index is 0.0739. The smallest absolute Gasteiger partial charge is 0.178 e. The standard InChI is InChI=1S/C22H14N2O/c25-22-16-11-5-4-10-15(16)21-19(22)20(14-8-2-1-3-9-14)23-17-12-6-7-13-18(17)24-21/h1-13,16H. The molecule has 1 atom stereocenters. The van der Waals surface area contributed by atoms with Gasteiger partial charge in [-0.05, 0) is 17.7 Å². The normalized spacial score (nSPS) is 20.5. The van der Waals surface area contributed by atoms with E-state index in [9.17, 15) is 4.79 Å². The molecule has 118 valence electrons. The van der Waals surface area contributed by atoms with Crippen LogP contribution in [-0.4, -0.2) is 5.78 Å². The van der Waals surface area contributed by atoms with E-state index in [4.69, 9.17) is 9.98 Å². The Kier molecular flexibility index (Phi) is 3.01. The molecule has 0 fully saturated rings. The Morgan fingerprint density at radius 1 is 0.760 bits per heavy atom. The second-order valence-corrected chi connectivity index (χ2v) is 6.19. The summed E-state index contributed by atoms with van der Waals surface area (Å²) in [6, 6.07) is 17.6. The van der Waals surface area contributed by atoms with Crippen LogP contribution in [0, 0.1) is 5.92 Å². The highest BCUT2D eigenvalue weighted by molar-refractivity contribution is 6.13. The quantitative estimate of drug-likeness (QED) is 0.796. The first-order valence-electron chi connectivity index (χ1n) is 8.29. The monoisotopic (exact) mass is 322 g/mol. The SMILES string of the molecule is O=C1C2=C(c3ccccc3)N=c3ccccc3=NC2=C2C=CC=CC12. The molecule has 0 bridgehead atoms. The van der Waals surface area contributed by atoms with Crippen molar-refractivity contribution >= 4 is 11.5 Å². The van der Waals surface area contributed by atoms with Crippen molar-refractivity contribution in [3.8, 4) is 0 Å². The zero-order valence-electron chi connectivity index (χ0n) is 13.4. The van der Waals surface area contributed by atoms with Crippen molar-refractivity contribution in [2.75, 3.05) is 0 Å². The molecular formula is C22H14N2O. The first-order valence-corrected chi connectivity index (χ1v) is 8.29. The van der Waals surface area contributed by atoms with Gasteiger partial charge in [-0.1, -0.05) is 66.8 Å². The summed E-state index contributed by atoms with van der Waals surface area (Å²) in [5.41, 5.74) is 3.98. The number of hydrogen-bond donors (Lipinski definition) is 0. The van der Waals surface area contributed by atoms with E-state index in [1.54, 1.807) is 0 Å². The third kappa shape index (κ3) is 2.09. The Morgan fingerprint density at radius 3 is 2.20 bits per heavy atom. The molecule has 0 N–H and O–H groups in total. The van der Waals surface area contributed by atoms with Gasteiger partial charge in [-0.25, -0.2) is 9.98 Å². The molecule has 3 nitrogen and oxygen atoms in total. The lowest BCUT2D eigenvalue weighted by atomic mass is 9.95. The van der Waals surface area contributed by atoms with Crippen molar-refractivity contribution in [2.24, 2.45) is 15.9 Å². The van der Waals surface area contributed by atoms with Gasteiger partial charge in [-0.3, -0.25) is 4.79 Å². The topological polar surface area (TPSA) is 41.8 Å². The van der Waals surface area contributed by atoms with E-state index in [0.717, 1.165) is 27.5 Å². The fourth-order valence-electron chi connectivity index (χ4n) is 3.52. The van der Waals surface area contributed by atoms with Crippen molar-refractivity contribution in [3.63, 3.8) is 0 Å². The molecular weight excluding hydrogens is 308 g/mol. The molecule has 0 aromatic heterocycles. The van der Waals surface area contributed by atoms with Crippen LogP contribution in [0.2, 0.25) is 0 Å². The van der Waals surface area contributed by atoms with E-state index in [1.807, 2.05) is 78.9 Å². The van der Waals surface area contributed by atoms with Crippen molar-refractivity contribution in [2.45, 2.75) is 0 Å². The lowest BCUT2D eigenvalue weighted by Crippen LogP contribution is -2.24. The van der Waals surface area contributed by atoms with Crippen LogP contribution in [0.4, 0.5) is 0 Å². The molecule has 5 rings (SSSR count). The summed E-state index contributed by atoms with van der Waals surface area (Å²) in [4.78, 5) is 22.8. The molecule has 0 saturated heterocycles.